The van der Waals surface area contributed by atoms with Crippen LogP contribution in [0.2, 0.25) is 0 Å². The zero-order chi connectivity index (χ0) is 12.2. The molecule has 0 unspecified atom stereocenters. The third-order valence-corrected chi connectivity index (χ3v) is 4.63. The number of rotatable bonds is 0. The first-order valence-electron chi connectivity index (χ1n) is 5.37. The molecule has 0 N–H and O–H groups in total. The molecule has 2 aromatic carbocycles. The van der Waals surface area contributed by atoms with Gasteiger partial charge in [-0.2, -0.15) is 0 Å². The number of benzene rings is 2. The standard InChI is InChI=1S/C12H8FO4P/c13-18(14-9-5-1-2-6-10(9)15-18)16-11-7-3-4-8-12(11)17-18/h1-8H. The molecule has 1 spiro atoms. The van der Waals surface area contributed by atoms with E-state index in [1.165, 1.54) is 0 Å². The monoisotopic (exact) mass is 266 g/mol. The quantitative estimate of drug-likeness (QED) is 0.674. The maximum absolute atomic E-state index is 15.0. The van der Waals surface area contributed by atoms with E-state index in [9.17, 15) is 0 Å². The van der Waals surface area contributed by atoms with E-state index in [1.54, 1.807) is 48.5 Å². The van der Waals surface area contributed by atoms with Crippen LogP contribution in [0.15, 0.2) is 48.5 Å². The van der Waals surface area contributed by atoms with Crippen LogP contribution < -0.4 is 18.1 Å². The van der Waals surface area contributed by atoms with Gasteiger partial charge in [-0.1, -0.05) is 0 Å². The molecule has 0 saturated heterocycles. The summed E-state index contributed by atoms with van der Waals surface area (Å²) < 4.78 is 35.9. The molecule has 2 aliphatic heterocycles. The van der Waals surface area contributed by atoms with Gasteiger partial charge in [0.1, 0.15) is 0 Å². The third-order valence-electron chi connectivity index (χ3n) is 2.68. The van der Waals surface area contributed by atoms with E-state index in [-0.39, 0.29) is 23.0 Å². The van der Waals surface area contributed by atoms with Gasteiger partial charge in [-0.3, -0.25) is 0 Å². The Balaban J connectivity index is 1.80. The van der Waals surface area contributed by atoms with Gasteiger partial charge >= 0.3 is 102 Å². The van der Waals surface area contributed by atoms with Crippen LogP contribution in [0.5, 0.6) is 23.0 Å². The molecule has 18 heavy (non-hydrogen) atoms. The summed E-state index contributed by atoms with van der Waals surface area (Å²) in [5.74, 6) is 1.13. The summed E-state index contributed by atoms with van der Waals surface area (Å²) >= 11 is 0. The fourth-order valence-corrected chi connectivity index (χ4v) is 4.03. The van der Waals surface area contributed by atoms with Crippen LogP contribution in [-0.4, -0.2) is 0 Å². The van der Waals surface area contributed by atoms with E-state index in [0.717, 1.165) is 0 Å². The summed E-state index contributed by atoms with van der Waals surface area (Å²) in [5, 5.41) is 0. The SMILES string of the molecule is FP12(Oc3ccccc3O1)Oc1ccccc1O2. The molecule has 4 rings (SSSR count). The van der Waals surface area contributed by atoms with Gasteiger partial charge in [-0.15, -0.1) is 0 Å². The van der Waals surface area contributed by atoms with Crippen LogP contribution in [-0.2, 0) is 0 Å². The van der Waals surface area contributed by atoms with Crippen molar-refractivity contribution in [2.24, 2.45) is 0 Å². The first-order chi connectivity index (χ1) is 8.64. The number of para-hydroxylation sites is 4. The van der Waals surface area contributed by atoms with Crippen molar-refractivity contribution >= 4 is 7.82 Å². The van der Waals surface area contributed by atoms with E-state index >= 15 is 4.20 Å². The molecule has 0 bridgehead atoms. The third kappa shape index (κ3) is 1.22. The average Bonchev–Trinajstić information content (AvgIpc) is 2.81. The summed E-state index contributed by atoms with van der Waals surface area (Å²) in [7, 11) is -5.06. The van der Waals surface area contributed by atoms with E-state index in [4.69, 9.17) is 18.1 Å². The van der Waals surface area contributed by atoms with Crippen molar-refractivity contribution in [1.29, 1.82) is 0 Å². The first-order valence-corrected chi connectivity index (χ1v) is 7.17. The van der Waals surface area contributed by atoms with Crippen LogP contribution in [0, 0.1) is 0 Å². The second-order valence-corrected chi connectivity index (χ2v) is 6.16. The summed E-state index contributed by atoms with van der Waals surface area (Å²) in [6.07, 6.45) is 0. The summed E-state index contributed by atoms with van der Waals surface area (Å²) in [4.78, 5) is 0. The number of fused-ring (bicyclic) bond motifs is 2. The van der Waals surface area contributed by atoms with Crippen molar-refractivity contribution in [3.8, 4) is 23.0 Å². The Hall–Kier alpha value is -2.00. The molecule has 0 atom stereocenters. The molecular weight excluding hydrogens is 258 g/mol. The average molecular weight is 266 g/mol. The zero-order valence-corrected chi connectivity index (χ0v) is 9.97. The van der Waals surface area contributed by atoms with Crippen LogP contribution >= 0.6 is 7.82 Å². The van der Waals surface area contributed by atoms with E-state index in [2.05, 4.69) is 0 Å². The summed E-state index contributed by atoms with van der Waals surface area (Å²) in [5.41, 5.74) is 0. The van der Waals surface area contributed by atoms with Gasteiger partial charge in [0.25, 0.3) is 0 Å². The molecule has 0 aromatic heterocycles. The van der Waals surface area contributed by atoms with Gasteiger partial charge in [0, 0.05) is 0 Å². The van der Waals surface area contributed by atoms with Crippen LogP contribution in [0.1, 0.15) is 0 Å². The van der Waals surface area contributed by atoms with E-state index in [1.807, 2.05) is 0 Å². The molecule has 4 nitrogen and oxygen atoms in total. The van der Waals surface area contributed by atoms with Gasteiger partial charge < -0.3 is 0 Å². The molecular formula is C12H8FO4P. The van der Waals surface area contributed by atoms with Gasteiger partial charge in [0.2, 0.25) is 0 Å². The van der Waals surface area contributed by atoms with Crippen molar-refractivity contribution in [2.45, 2.75) is 0 Å². The fourth-order valence-electron chi connectivity index (χ4n) is 1.94. The van der Waals surface area contributed by atoms with Gasteiger partial charge in [-0.25, -0.2) is 0 Å². The molecule has 2 heterocycles. The molecule has 0 fully saturated rings. The van der Waals surface area contributed by atoms with Crippen LogP contribution in [0.4, 0.5) is 4.20 Å². The van der Waals surface area contributed by atoms with Gasteiger partial charge in [-0.05, 0) is 0 Å². The second-order valence-electron chi connectivity index (χ2n) is 3.98. The molecule has 2 aliphatic rings. The Morgan fingerprint density at radius 1 is 0.611 bits per heavy atom. The molecule has 6 heteroatoms. The van der Waals surface area contributed by atoms with Crippen molar-refractivity contribution in [3.63, 3.8) is 0 Å². The number of hydrogen-bond donors (Lipinski definition) is 0. The second kappa shape index (κ2) is 2.87. The van der Waals surface area contributed by atoms with Crippen molar-refractivity contribution in [1.82, 2.24) is 0 Å². The Morgan fingerprint density at radius 2 is 0.889 bits per heavy atom. The minimum atomic E-state index is -5.06. The Morgan fingerprint density at radius 3 is 1.17 bits per heavy atom. The Bertz CT molecular complexity index is 547. The number of halogens is 1. The van der Waals surface area contributed by atoms with Gasteiger partial charge in [0.15, 0.2) is 0 Å². The summed E-state index contributed by atoms with van der Waals surface area (Å²) in [6.45, 7) is 0. The van der Waals surface area contributed by atoms with E-state index in [0.29, 0.717) is 0 Å². The van der Waals surface area contributed by atoms with Crippen molar-refractivity contribution < 1.29 is 22.3 Å². The van der Waals surface area contributed by atoms with Crippen molar-refractivity contribution in [3.05, 3.63) is 48.5 Å². The van der Waals surface area contributed by atoms with Gasteiger partial charge in [0.05, 0.1) is 0 Å². The molecule has 0 saturated carbocycles. The van der Waals surface area contributed by atoms with Crippen LogP contribution in [0.25, 0.3) is 0 Å². The molecule has 2 aromatic rings. The van der Waals surface area contributed by atoms with E-state index < -0.39 is 7.82 Å². The molecule has 0 aliphatic carbocycles. The molecule has 92 valence electrons. The normalized spacial score (nSPS) is 22.4. The summed E-state index contributed by atoms with van der Waals surface area (Å²) in [6, 6.07) is 13.3. The molecule has 0 amide bonds. The van der Waals surface area contributed by atoms with Crippen LogP contribution in [0.3, 0.4) is 0 Å². The van der Waals surface area contributed by atoms with Crippen molar-refractivity contribution in [2.75, 3.05) is 0 Å². The predicted molar refractivity (Wildman–Crippen MR) is 63.4 cm³/mol. The minimum absolute atomic E-state index is 0.283. The predicted octanol–water partition coefficient (Wildman–Crippen LogP) is 4.03. The maximum atomic E-state index is 15.0. The first kappa shape index (κ1) is 9.97. The Kier molecular flexibility index (Phi) is 1.59. The number of hydrogen-bond acceptors (Lipinski definition) is 4. The Labute approximate surface area is 102 Å². The topological polar surface area (TPSA) is 36.9 Å². The zero-order valence-electron chi connectivity index (χ0n) is 9.08. The fraction of sp³-hybridized carbons (Fsp3) is 0. The molecule has 0 radical (unpaired) electrons.